The Kier molecular flexibility index (Phi) is 4.95. The molecule has 0 radical (unpaired) electrons. The van der Waals surface area contributed by atoms with Crippen LogP contribution in [0.15, 0.2) is 29.2 Å². The van der Waals surface area contributed by atoms with Crippen LogP contribution in [-0.2, 0) is 15.0 Å². The number of amides is 1. The molecule has 1 aromatic rings. The normalized spacial score (nSPS) is 11.2. The minimum atomic E-state index is -4.82. The van der Waals surface area contributed by atoms with Crippen LogP contribution in [0.25, 0.3) is 0 Å². The zero-order valence-electron chi connectivity index (χ0n) is 9.14. The summed E-state index contributed by atoms with van der Waals surface area (Å²) in [6, 6.07) is 5.38. The second kappa shape index (κ2) is 6.02. The quantitative estimate of drug-likeness (QED) is 0.837. The number of thioether (sulfide) groups is 1. The van der Waals surface area contributed by atoms with E-state index in [9.17, 15) is 17.1 Å². The van der Waals surface area contributed by atoms with E-state index in [4.69, 9.17) is 0 Å². The molecule has 1 rings (SSSR count). The van der Waals surface area contributed by atoms with Crippen molar-refractivity contribution in [2.45, 2.75) is 11.3 Å². The van der Waals surface area contributed by atoms with Gasteiger partial charge in [-0.3, -0.25) is 4.79 Å². The highest BCUT2D eigenvalue weighted by molar-refractivity contribution is 7.98. The van der Waals surface area contributed by atoms with Crippen LogP contribution in [0.2, 0.25) is 0 Å². The van der Waals surface area contributed by atoms with Gasteiger partial charge < -0.3 is 5.32 Å². The molecule has 0 aromatic heterocycles. The Morgan fingerprint density at radius 1 is 1.41 bits per heavy atom. The molecule has 7 heteroatoms. The fourth-order valence-electron chi connectivity index (χ4n) is 1.19. The number of anilines is 1. The van der Waals surface area contributed by atoms with E-state index >= 15 is 0 Å². The van der Waals surface area contributed by atoms with Crippen LogP contribution < -0.4 is 5.32 Å². The monoisotopic (exact) mass is 277 g/mol. The smallest absolute Gasteiger partial charge is 0.325 e. The van der Waals surface area contributed by atoms with Crippen LogP contribution in [0.3, 0.4) is 0 Å². The molecule has 0 atom stereocenters. The number of para-hydroxylation sites is 1. The van der Waals surface area contributed by atoms with Crippen molar-refractivity contribution in [3.8, 4) is 0 Å². The number of benzene rings is 1. The topological polar surface area (TPSA) is 63.2 Å². The van der Waals surface area contributed by atoms with Gasteiger partial charge in [0.25, 0.3) is 0 Å². The SMILES string of the molecule is CSCCC(=O)Nc1ccccc1S(=O)(=O)F. The number of hydrogen-bond donors (Lipinski definition) is 1. The van der Waals surface area contributed by atoms with E-state index in [0.717, 1.165) is 6.07 Å². The zero-order chi connectivity index (χ0) is 12.9. The summed E-state index contributed by atoms with van der Waals surface area (Å²) in [6.07, 6.45) is 2.11. The molecule has 0 bridgehead atoms. The summed E-state index contributed by atoms with van der Waals surface area (Å²) in [5.41, 5.74) is -0.0268. The molecule has 0 spiro atoms. The number of hydrogen-bond acceptors (Lipinski definition) is 4. The van der Waals surface area contributed by atoms with Gasteiger partial charge in [0.1, 0.15) is 4.90 Å². The highest BCUT2D eigenvalue weighted by Gasteiger charge is 2.17. The number of carbonyl (C=O) groups excluding carboxylic acids is 1. The van der Waals surface area contributed by atoms with Gasteiger partial charge in [-0.15, -0.1) is 3.89 Å². The molecule has 0 aliphatic heterocycles. The van der Waals surface area contributed by atoms with E-state index in [0.29, 0.717) is 5.75 Å². The van der Waals surface area contributed by atoms with Crippen molar-refractivity contribution in [2.75, 3.05) is 17.3 Å². The Labute approximate surface area is 104 Å². The fraction of sp³-hybridized carbons (Fsp3) is 0.300. The highest BCUT2D eigenvalue weighted by atomic mass is 32.3. The van der Waals surface area contributed by atoms with Crippen molar-refractivity contribution in [1.29, 1.82) is 0 Å². The molecule has 0 heterocycles. The first-order valence-corrected chi connectivity index (χ1v) is 7.55. The molecule has 1 N–H and O–H groups in total. The molecule has 0 unspecified atom stereocenters. The molecular weight excluding hydrogens is 265 g/mol. The van der Waals surface area contributed by atoms with Gasteiger partial charge in [0.2, 0.25) is 5.91 Å². The first-order valence-electron chi connectivity index (χ1n) is 4.77. The van der Waals surface area contributed by atoms with Crippen molar-refractivity contribution in [2.24, 2.45) is 0 Å². The van der Waals surface area contributed by atoms with Crippen LogP contribution in [0.4, 0.5) is 9.57 Å². The lowest BCUT2D eigenvalue weighted by molar-refractivity contribution is -0.115. The molecule has 4 nitrogen and oxygen atoms in total. The summed E-state index contributed by atoms with van der Waals surface area (Å²) < 4.78 is 34.6. The number of carbonyl (C=O) groups is 1. The molecule has 1 aromatic carbocycles. The number of halogens is 1. The van der Waals surface area contributed by atoms with Crippen molar-refractivity contribution in [1.82, 2.24) is 0 Å². The maximum Gasteiger partial charge on any atom is 0.334 e. The number of nitrogens with one attached hydrogen (secondary N) is 1. The van der Waals surface area contributed by atoms with Crippen LogP contribution in [0.5, 0.6) is 0 Å². The Balaban J connectivity index is 2.88. The predicted molar refractivity (Wildman–Crippen MR) is 66.4 cm³/mol. The van der Waals surface area contributed by atoms with E-state index in [1.165, 1.54) is 30.0 Å². The lowest BCUT2D eigenvalue weighted by atomic mass is 10.3. The molecule has 0 fully saturated rings. The van der Waals surface area contributed by atoms with Gasteiger partial charge in [-0.1, -0.05) is 12.1 Å². The first-order chi connectivity index (χ1) is 7.95. The summed E-state index contributed by atoms with van der Waals surface area (Å²) in [5, 5.41) is 2.38. The standard InChI is InChI=1S/C10H12FNO3S2/c1-16-7-6-10(13)12-8-4-2-3-5-9(8)17(11,14)15/h2-5H,6-7H2,1H3,(H,12,13). The van der Waals surface area contributed by atoms with Crippen molar-refractivity contribution < 1.29 is 17.1 Å². The molecule has 94 valence electrons. The van der Waals surface area contributed by atoms with Gasteiger partial charge in [0.15, 0.2) is 0 Å². The third-order valence-electron chi connectivity index (χ3n) is 1.96. The Hall–Kier alpha value is -1.08. The van der Waals surface area contributed by atoms with E-state index in [1.54, 1.807) is 0 Å². The second-order valence-corrected chi connectivity index (χ2v) is 5.53. The third kappa shape index (κ3) is 4.35. The molecule has 0 aliphatic carbocycles. The maximum atomic E-state index is 12.9. The average molecular weight is 277 g/mol. The lowest BCUT2D eigenvalue weighted by Gasteiger charge is -2.07. The largest absolute Gasteiger partial charge is 0.334 e. The molecule has 0 aliphatic rings. The summed E-state index contributed by atoms with van der Waals surface area (Å²) in [4.78, 5) is 10.9. The van der Waals surface area contributed by atoms with Crippen LogP contribution in [-0.4, -0.2) is 26.3 Å². The van der Waals surface area contributed by atoms with E-state index in [1.807, 2.05) is 6.26 Å². The van der Waals surface area contributed by atoms with Crippen LogP contribution >= 0.6 is 11.8 Å². The van der Waals surface area contributed by atoms with Gasteiger partial charge in [-0.2, -0.15) is 20.2 Å². The minimum absolute atomic E-state index is 0.0268. The second-order valence-electron chi connectivity index (χ2n) is 3.22. The first kappa shape index (κ1) is 14.0. The Morgan fingerprint density at radius 2 is 2.06 bits per heavy atom. The molecule has 17 heavy (non-hydrogen) atoms. The lowest BCUT2D eigenvalue weighted by Crippen LogP contribution is -2.14. The van der Waals surface area contributed by atoms with Gasteiger partial charge >= 0.3 is 10.2 Å². The third-order valence-corrected chi connectivity index (χ3v) is 3.45. The van der Waals surface area contributed by atoms with Crippen molar-refractivity contribution in [3.05, 3.63) is 24.3 Å². The van der Waals surface area contributed by atoms with E-state index < -0.39 is 15.1 Å². The molecule has 0 saturated heterocycles. The highest BCUT2D eigenvalue weighted by Crippen LogP contribution is 2.22. The Bertz CT molecular complexity index is 502. The minimum Gasteiger partial charge on any atom is -0.325 e. The maximum absolute atomic E-state index is 12.9. The van der Waals surface area contributed by atoms with Crippen molar-refractivity contribution in [3.63, 3.8) is 0 Å². The summed E-state index contributed by atoms with van der Waals surface area (Å²) in [7, 11) is -4.82. The van der Waals surface area contributed by atoms with Crippen LogP contribution in [0, 0.1) is 0 Å². The summed E-state index contributed by atoms with van der Waals surface area (Å²) in [6.45, 7) is 0. The molecule has 0 saturated carbocycles. The molecular formula is C10H12FNO3S2. The molecule has 1 amide bonds. The van der Waals surface area contributed by atoms with Gasteiger partial charge in [0, 0.05) is 12.2 Å². The number of rotatable bonds is 5. The zero-order valence-corrected chi connectivity index (χ0v) is 10.8. The van der Waals surface area contributed by atoms with Crippen LogP contribution in [0.1, 0.15) is 6.42 Å². The van der Waals surface area contributed by atoms with Gasteiger partial charge in [-0.25, -0.2) is 0 Å². The van der Waals surface area contributed by atoms with E-state index in [2.05, 4.69) is 5.32 Å². The Morgan fingerprint density at radius 3 is 2.65 bits per heavy atom. The summed E-state index contributed by atoms with van der Waals surface area (Å²) >= 11 is 1.50. The van der Waals surface area contributed by atoms with Crippen molar-refractivity contribution >= 4 is 33.6 Å². The van der Waals surface area contributed by atoms with E-state index in [-0.39, 0.29) is 18.0 Å². The summed E-state index contributed by atoms with van der Waals surface area (Å²) in [5.74, 6) is 0.284. The predicted octanol–water partition coefficient (Wildman–Crippen LogP) is 2.04. The van der Waals surface area contributed by atoms with Gasteiger partial charge in [0.05, 0.1) is 5.69 Å². The fourth-order valence-corrected chi connectivity index (χ4v) is 2.20. The average Bonchev–Trinajstić information content (AvgIpc) is 2.25. The van der Waals surface area contributed by atoms with Gasteiger partial charge in [-0.05, 0) is 18.4 Å².